The van der Waals surface area contributed by atoms with Gasteiger partial charge in [0, 0.05) is 0 Å². The Bertz CT molecular complexity index is 371. The standard InChI is InChI=1S/C13H18ClFO3/c1-17-12-8-10(9-16)7-11(14)13(12)18-6-4-2-3-5-15/h7-8,16H,2-6,9H2,1H3. The molecule has 0 heterocycles. The van der Waals surface area contributed by atoms with E-state index in [2.05, 4.69) is 0 Å². The molecule has 0 aliphatic heterocycles. The van der Waals surface area contributed by atoms with Crippen molar-refractivity contribution in [3.05, 3.63) is 22.7 Å². The highest BCUT2D eigenvalue weighted by Gasteiger charge is 2.11. The van der Waals surface area contributed by atoms with Crippen LogP contribution < -0.4 is 9.47 Å². The Labute approximate surface area is 111 Å². The highest BCUT2D eigenvalue weighted by Crippen LogP contribution is 2.36. The normalized spacial score (nSPS) is 10.4. The first-order valence-electron chi connectivity index (χ1n) is 5.89. The van der Waals surface area contributed by atoms with Crippen LogP contribution >= 0.6 is 11.6 Å². The second-order valence-electron chi connectivity index (χ2n) is 3.87. The van der Waals surface area contributed by atoms with Gasteiger partial charge in [-0.15, -0.1) is 0 Å². The van der Waals surface area contributed by atoms with Crippen LogP contribution in [0.4, 0.5) is 4.39 Å². The van der Waals surface area contributed by atoms with Gasteiger partial charge in [0.25, 0.3) is 0 Å². The van der Waals surface area contributed by atoms with Crippen molar-refractivity contribution < 1.29 is 19.0 Å². The zero-order valence-electron chi connectivity index (χ0n) is 10.4. The van der Waals surface area contributed by atoms with Crippen molar-refractivity contribution in [2.45, 2.75) is 25.9 Å². The van der Waals surface area contributed by atoms with Gasteiger partial charge in [-0.3, -0.25) is 4.39 Å². The predicted molar refractivity (Wildman–Crippen MR) is 69.2 cm³/mol. The van der Waals surface area contributed by atoms with E-state index in [4.69, 9.17) is 26.2 Å². The molecule has 1 rings (SSSR count). The third kappa shape index (κ3) is 4.35. The molecule has 102 valence electrons. The lowest BCUT2D eigenvalue weighted by Gasteiger charge is -2.13. The van der Waals surface area contributed by atoms with Crippen molar-refractivity contribution >= 4 is 11.6 Å². The average molecular weight is 277 g/mol. The lowest BCUT2D eigenvalue weighted by Crippen LogP contribution is -2.01. The van der Waals surface area contributed by atoms with E-state index in [9.17, 15) is 4.39 Å². The SMILES string of the molecule is COc1cc(CO)cc(Cl)c1OCCCCCF. The molecule has 0 saturated heterocycles. The number of halogens is 2. The zero-order chi connectivity index (χ0) is 13.4. The number of methoxy groups -OCH3 is 1. The van der Waals surface area contributed by atoms with Gasteiger partial charge in [-0.25, -0.2) is 0 Å². The molecule has 0 saturated carbocycles. The quantitative estimate of drug-likeness (QED) is 0.740. The Hall–Kier alpha value is -1.00. The topological polar surface area (TPSA) is 38.7 Å². The molecule has 0 amide bonds. The van der Waals surface area contributed by atoms with Crippen molar-refractivity contribution in [3.63, 3.8) is 0 Å². The van der Waals surface area contributed by atoms with Gasteiger partial charge in [-0.05, 0) is 37.0 Å². The number of benzene rings is 1. The monoisotopic (exact) mass is 276 g/mol. The van der Waals surface area contributed by atoms with Crippen LogP contribution in [0.3, 0.4) is 0 Å². The van der Waals surface area contributed by atoms with Crippen molar-refractivity contribution in [1.29, 1.82) is 0 Å². The van der Waals surface area contributed by atoms with E-state index < -0.39 is 0 Å². The lowest BCUT2D eigenvalue weighted by atomic mass is 10.2. The van der Waals surface area contributed by atoms with Gasteiger partial charge >= 0.3 is 0 Å². The molecule has 5 heteroatoms. The molecule has 1 aromatic rings. The molecular formula is C13H18ClFO3. The summed E-state index contributed by atoms with van der Waals surface area (Å²) in [7, 11) is 1.52. The number of rotatable bonds is 8. The third-order valence-corrected chi connectivity index (χ3v) is 2.78. The molecule has 0 aliphatic carbocycles. The van der Waals surface area contributed by atoms with Crippen molar-refractivity contribution in [2.75, 3.05) is 20.4 Å². The molecule has 1 aromatic carbocycles. The Morgan fingerprint density at radius 1 is 1.28 bits per heavy atom. The van der Waals surface area contributed by atoms with Gasteiger partial charge in [0.05, 0.1) is 32.0 Å². The molecule has 1 N–H and O–H groups in total. The minimum atomic E-state index is -0.296. The molecular weight excluding hydrogens is 259 g/mol. The van der Waals surface area contributed by atoms with Gasteiger partial charge in [-0.2, -0.15) is 0 Å². The largest absolute Gasteiger partial charge is 0.493 e. The fourth-order valence-electron chi connectivity index (χ4n) is 1.55. The summed E-state index contributed by atoms with van der Waals surface area (Å²) < 4.78 is 22.6. The summed E-state index contributed by atoms with van der Waals surface area (Å²) in [4.78, 5) is 0. The first kappa shape index (κ1) is 15.1. The maximum absolute atomic E-state index is 11.9. The number of hydrogen-bond donors (Lipinski definition) is 1. The van der Waals surface area contributed by atoms with E-state index in [-0.39, 0.29) is 13.3 Å². The van der Waals surface area contributed by atoms with Crippen LogP contribution in [0.2, 0.25) is 5.02 Å². The highest BCUT2D eigenvalue weighted by atomic mass is 35.5. The summed E-state index contributed by atoms with van der Waals surface area (Å²) in [6.07, 6.45) is 2.11. The maximum atomic E-state index is 11.9. The molecule has 0 fully saturated rings. The number of aliphatic hydroxyl groups excluding tert-OH is 1. The average Bonchev–Trinajstić information content (AvgIpc) is 2.39. The van der Waals surface area contributed by atoms with Crippen LogP contribution in [0.5, 0.6) is 11.5 Å². The zero-order valence-corrected chi connectivity index (χ0v) is 11.2. The number of ether oxygens (including phenoxy) is 2. The first-order chi connectivity index (χ1) is 8.72. The minimum absolute atomic E-state index is 0.104. The summed E-state index contributed by atoms with van der Waals surface area (Å²) in [5.74, 6) is 0.966. The summed E-state index contributed by atoms with van der Waals surface area (Å²) in [6, 6.07) is 3.32. The van der Waals surface area contributed by atoms with Crippen molar-refractivity contribution in [2.24, 2.45) is 0 Å². The van der Waals surface area contributed by atoms with Crippen LogP contribution in [-0.4, -0.2) is 25.5 Å². The number of aliphatic hydroxyl groups is 1. The Kier molecular flexibility index (Phi) is 6.83. The van der Waals surface area contributed by atoms with E-state index in [1.54, 1.807) is 12.1 Å². The van der Waals surface area contributed by atoms with Crippen LogP contribution in [0.15, 0.2) is 12.1 Å². The van der Waals surface area contributed by atoms with Crippen LogP contribution in [0, 0.1) is 0 Å². The molecule has 18 heavy (non-hydrogen) atoms. The fourth-order valence-corrected chi connectivity index (χ4v) is 1.84. The van der Waals surface area contributed by atoms with Crippen molar-refractivity contribution in [1.82, 2.24) is 0 Å². The molecule has 0 radical (unpaired) electrons. The lowest BCUT2D eigenvalue weighted by molar-refractivity contribution is 0.274. The summed E-state index contributed by atoms with van der Waals surface area (Å²) in [5, 5.41) is 9.46. The Morgan fingerprint density at radius 3 is 2.67 bits per heavy atom. The molecule has 0 bridgehead atoms. The van der Waals surface area contributed by atoms with Gasteiger partial charge in [-0.1, -0.05) is 11.6 Å². The summed E-state index contributed by atoms with van der Waals surface area (Å²) in [6.45, 7) is 0.0662. The van der Waals surface area contributed by atoms with Gasteiger partial charge < -0.3 is 14.6 Å². The van der Waals surface area contributed by atoms with E-state index in [1.165, 1.54) is 7.11 Å². The van der Waals surface area contributed by atoms with Gasteiger partial charge in [0.15, 0.2) is 11.5 Å². The highest BCUT2D eigenvalue weighted by molar-refractivity contribution is 6.32. The molecule has 0 aromatic heterocycles. The summed E-state index contributed by atoms with van der Waals surface area (Å²) >= 11 is 6.06. The molecule has 3 nitrogen and oxygen atoms in total. The Balaban J connectivity index is 2.63. The Morgan fingerprint density at radius 2 is 2.06 bits per heavy atom. The van der Waals surface area contributed by atoms with Crippen LogP contribution in [-0.2, 0) is 6.61 Å². The second kappa shape index (κ2) is 8.16. The fraction of sp³-hybridized carbons (Fsp3) is 0.538. The van der Waals surface area contributed by atoms with E-state index in [0.29, 0.717) is 35.1 Å². The minimum Gasteiger partial charge on any atom is -0.493 e. The number of unbranched alkanes of at least 4 members (excludes halogenated alkanes) is 2. The van der Waals surface area contributed by atoms with Crippen molar-refractivity contribution in [3.8, 4) is 11.5 Å². The van der Waals surface area contributed by atoms with E-state index in [0.717, 1.165) is 12.8 Å². The number of hydrogen-bond acceptors (Lipinski definition) is 3. The maximum Gasteiger partial charge on any atom is 0.179 e. The smallest absolute Gasteiger partial charge is 0.179 e. The third-order valence-electron chi connectivity index (χ3n) is 2.50. The second-order valence-corrected chi connectivity index (χ2v) is 4.27. The number of alkyl halides is 1. The molecule has 0 unspecified atom stereocenters. The molecule has 0 aliphatic rings. The van der Waals surface area contributed by atoms with Gasteiger partial charge in [0.2, 0.25) is 0 Å². The van der Waals surface area contributed by atoms with Crippen LogP contribution in [0.25, 0.3) is 0 Å². The molecule has 0 atom stereocenters. The molecule has 0 spiro atoms. The first-order valence-corrected chi connectivity index (χ1v) is 6.26. The predicted octanol–water partition coefficient (Wildman–Crippen LogP) is 3.36. The van der Waals surface area contributed by atoms with E-state index >= 15 is 0 Å². The van der Waals surface area contributed by atoms with Gasteiger partial charge in [0.1, 0.15) is 0 Å². The van der Waals surface area contributed by atoms with Crippen LogP contribution in [0.1, 0.15) is 24.8 Å². The van der Waals surface area contributed by atoms with E-state index in [1.807, 2.05) is 0 Å². The summed E-state index contributed by atoms with van der Waals surface area (Å²) in [5.41, 5.74) is 0.668.